The number of hydrogen-bond donors (Lipinski definition) is 1. The molecule has 1 atom stereocenters. The Hall–Kier alpha value is -3.26. The molecule has 0 fully saturated rings. The molecule has 2 aromatic rings. The Kier molecular flexibility index (Phi) is 6.84. The van der Waals surface area contributed by atoms with Crippen molar-refractivity contribution in [1.29, 1.82) is 0 Å². The number of likely N-dealkylation sites (N-methyl/N-ethyl adjacent to an activating group) is 1. The first-order chi connectivity index (χ1) is 13.3. The van der Waals surface area contributed by atoms with Gasteiger partial charge in [-0.2, -0.15) is 0 Å². The number of ketones is 1. The van der Waals surface area contributed by atoms with Gasteiger partial charge in [0.1, 0.15) is 5.02 Å². The Balaban J connectivity index is 2.34. The average Bonchev–Trinajstić information content (AvgIpc) is 2.67. The third-order valence-corrected chi connectivity index (χ3v) is 4.12. The lowest BCUT2D eigenvalue weighted by Crippen LogP contribution is -2.35. The van der Waals surface area contributed by atoms with Crippen molar-refractivity contribution in [3.8, 4) is 0 Å². The van der Waals surface area contributed by atoms with Crippen molar-refractivity contribution in [3.63, 3.8) is 0 Å². The number of hydrogen-bond acceptors (Lipinski definition) is 6. The van der Waals surface area contributed by atoms with Crippen LogP contribution in [0.25, 0.3) is 0 Å². The van der Waals surface area contributed by atoms with E-state index in [9.17, 15) is 24.5 Å². The van der Waals surface area contributed by atoms with Crippen LogP contribution in [-0.2, 0) is 9.53 Å². The second kappa shape index (κ2) is 9.09. The number of nitrogens with zero attached hydrogens (tertiary/aromatic N) is 1. The molecule has 0 bridgehead atoms. The Morgan fingerprint density at radius 2 is 1.82 bits per heavy atom. The van der Waals surface area contributed by atoms with Crippen LogP contribution in [0.5, 0.6) is 0 Å². The van der Waals surface area contributed by atoms with Gasteiger partial charge in [-0.05, 0) is 32.0 Å². The number of nitrogens with one attached hydrogen (secondary N) is 1. The van der Waals surface area contributed by atoms with Gasteiger partial charge in [-0.15, -0.1) is 0 Å². The summed E-state index contributed by atoms with van der Waals surface area (Å²) in [5.41, 5.74) is -0.487. The largest absolute Gasteiger partial charge is 0.449 e. The number of amides is 1. The molecule has 0 aliphatic carbocycles. The van der Waals surface area contributed by atoms with E-state index in [1.54, 1.807) is 13.0 Å². The van der Waals surface area contributed by atoms with Crippen molar-refractivity contribution in [2.24, 2.45) is 0 Å². The number of carbonyl (C=O) groups is 3. The van der Waals surface area contributed by atoms with E-state index in [2.05, 4.69) is 5.32 Å². The maximum atomic E-state index is 12.8. The third-order valence-electron chi connectivity index (χ3n) is 3.80. The van der Waals surface area contributed by atoms with Gasteiger partial charge in [-0.3, -0.25) is 19.7 Å². The summed E-state index contributed by atoms with van der Waals surface area (Å²) >= 11 is 5.77. The van der Waals surface area contributed by atoms with E-state index >= 15 is 0 Å². The molecule has 0 aliphatic rings. The number of nitro benzene ring substituents is 1. The van der Waals surface area contributed by atoms with Gasteiger partial charge in [-0.25, -0.2) is 4.79 Å². The lowest BCUT2D eigenvalue weighted by atomic mass is 9.98. The van der Waals surface area contributed by atoms with Crippen LogP contribution in [0.2, 0.25) is 5.02 Å². The average molecular weight is 405 g/mol. The molecule has 9 heteroatoms. The molecule has 0 saturated heterocycles. The minimum atomic E-state index is -1.05. The zero-order chi connectivity index (χ0) is 20.8. The fraction of sp³-hybridized carbons (Fsp3) is 0.211. The predicted octanol–water partition coefficient (Wildman–Crippen LogP) is 3.16. The van der Waals surface area contributed by atoms with Crippen molar-refractivity contribution in [2.75, 3.05) is 6.54 Å². The molecule has 1 N–H and O–H groups in total. The van der Waals surface area contributed by atoms with Crippen LogP contribution in [-0.4, -0.2) is 35.2 Å². The van der Waals surface area contributed by atoms with Gasteiger partial charge >= 0.3 is 5.97 Å². The van der Waals surface area contributed by atoms with E-state index in [4.69, 9.17) is 16.3 Å². The second-order valence-electron chi connectivity index (χ2n) is 5.74. The standard InChI is InChI=1S/C19H17ClN2O6/c1-3-21-18(24)11(2)28-19(25)14-7-5-4-6-13(14)17(23)12-8-9-15(20)16(10-12)22(26)27/h4-11H,3H2,1-2H3,(H,21,24)/t11-/m0/s1. The number of halogens is 1. The summed E-state index contributed by atoms with van der Waals surface area (Å²) in [6, 6.07) is 9.47. The van der Waals surface area contributed by atoms with Gasteiger partial charge in [0.25, 0.3) is 11.6 Å². The number of nitro groups is 1. The molecule has 0 aromatic heterocycles. The van der Waals surface area contributed by atoms with E-state index < -0.39 is 34.4 Å². The molecular weight excluding hydrogens is 388 g/mol. The number of ether oxygens (including phenoxy) is 1. The zero-order valence-electron chi connectivity index (χ0n) is 15.1. The summed E-state index contributed by atoms with van der Waals surface area (Å²) in [5.74, 6) is -1.93. The fourth-order valence-corrected chi connectivity index (χ4v) is 2.59. The molecule has 1 amide bonds. The van der Waals surface area contributed by atoms with Crippen molar-refractivity contribution in [3.05, 3.63) is 74.3 Å². The normalized spacial score (nSPS) is 11.4. The summed E-state index contributed by atoms with van der Waals surface area (Å²) in [5, 5.41) is 13.5. The Bertz CT molecular complexity index is 944. The van der Waals surface area contributed by atoms with Gasteiger partial charge in [-0.1, -0.05) is 29.8 Å². The highest BCUT2D eigenvalue weighted by atomic mass is 35.5. The first-order valence-electron chi connectivity index (χ1n) is 8.32. The third kappa shape index (κ3) is 4.72. The molecule has 0 heterocycles. The fourth-order valence-electron chi connectivity index (χ4n) is 2.40. The van der Waals surface area contributed by atoms with Gasteiger partial charge in [0.15, 0.2) is 11.9 Å². The molecule has 0 unspecified atom stereocenters. The number of carbonyl (C=O) groups excluding carboxylic acids is 3. The van der Waals surface area contributed by atoms with Gasteiger partial charge in [0, 0.05) is 23.7 Å². The van der Waals surface area contributed by atoms with Crippen LogP contribution in [0.3, 0.4) is 0 Å². The molecule has 0 saturated carbocycles. The number of esters is 1. The molecular formula is C19H17ClN2O6. The highest BCUT2D eigenvalue weighted by Gasteiger charge is 2.24. The highest BCUT2D eigenvalue weighted by Crippen LogP contribution is 2.27. The van der Waals surface area contributed by atoms with E-state index in [0.717, 1.165) is 6.07 Å². The van der Waals surface area contributed by atoms with Gasteiger partial charge < -0.3 is 10.1 Å². The number of benzene rings is 2. The first kappa shape index (κ1) is 21.0. The Morgan fingerprint density at radius 3 is 2.43 bits per heavy atom. The van der Waals surface area contributed by atoms with Crippen molar-refractivity contribution in [2.45, 2.75) is 20.0 Å². The topological polar surface area (TPSA) is 116 Å². The SMILES string of the molecule is CCNC(=O)[C@H](C)OC(=O)c1ccccc1C(=O)c1ccc(Cl)c([N+](=O)[O-])c1. The van der Waals surface area contributed by atoms with Crippen molar-refractivity contribution < 1.29 is 24.0 Å². The van der Waals surface area contributed by atoms with Crippen LogP contribution in [0.15, 0.2) is 42.5 Å². The summed E-state index contributed by atoms with van der Waals surface area (Å²) < 4.78 is 5.13. The summed E-state index contributed by atoms with van der Waals surface area (Å²) in [6.07, 6.45) is -1.05. The van der Waals surface area contributed by atoms with E-state index in [-0.39, 0.29) is 21.7 Å². The molecule has 0 spiro atoms. The van der Waals surface area contributed by atoms with E-state index in [1.165, 1.54) is 37.3 Å². The number of rotatable bonds is 7. The Morgan fingerprint density at radius 1 is 1.18 bits per heavy atom. The molecule has 0 radical (unpaired) electrons. The van der Waals surface area contributed by atoms with E-state index in [0.29, 0.717) is 6.54 Å². The van der Waals surface area contributed by atoms with Crippen LogP contribution < -0.4 is 5.32 Å². The Labute approximate surface area is 165 Å². The maximum absolute atomic E-state index is 12.8. The zero-order valence-corrected chi connectivity index (χ0v) is 15.9. The van der Waals surface area contributed by atoms with Crippen LogP contribution in [0.1, 0.15) is 40.1 Å². The summed E-state index contributed by atoms with van der Waals surface area (Å²) in [7, 11) is 0. The van der Waals surface area contributed by atoms with Crippen LogP contribution in [0.4, 0.5) is 5.69 Å². The minimum absolute atomic E-state index is 0.00637. The van der Waals surface area contributed by atoms with Crippen LogP contribution in [0, 0.1) is 10.1 Å². The maximum Gasteiger partial charge on any atom is 0.339 e. The minimum Gasteiger partial charge on any atom is -0.449 e. The van der Waals surface area contributed by atoms with Crippen molar-refractivity contribution in [1.82, 2.24) is 5.32 Å². The lowest BCUT2D eigenvalue weighted by Gasteiger charge is -2.14. The highest BCUT2D eigenvalue weighted by molar-refractivity contribution is 6.33. The molecule has 8 nitrogen and oxygen atoms in total. The second-order valence-corrected chi connectivity index (χ2v) is 6.15. The quantitative estimate of drug-likeness (QED) is 0.328. The predicted molar refractivity (Wildman–Crippen MR) is 102 cm³/mol. The van der Waals surface area contributed by atoms with Crippen LogP contribution >= 0.6 is 11.6 Å². The molecule has 28 heavy (non-hydrogen) atoms. The monoisotopic (exact) mass is 404 g/mol. The smallest absolute Gasteiger partial charge is 0.339 e. The van der Waals surface area contributed by atoms with Crippen molar-refractivity contribution >= 4 is 34.9 Å². The molecule has 0 aliphatic heterocycles. The lowest BCUT2D eigenvalue weighted by molar-refractivity contribution is -0.384. The molecule has 2 rings (SSSR count). The molecule has 2 aromatic carbocycles. The molecule has 146 valence electrons. The van der Waals surface area contributed by atoms with E-state index in [1.807, 2.05) is 0 Å². The summed E-state index contributed by atoms with van der Waals surface area (Å²) in [6.45, 7) is 3.52. The van der Waals surface area contributed by atoms with Gasteiger partial charge in [0.05, 0.1) is 10.5 Å². The first-order valence-corrected chi connectivity index (χ1v) is 8.70. The summed E-state index contributed by atoms with van der Waals surface area (Å²) in [4.78, 5) is 47.4. The van der Waals surface area contributed by atoms with Gasteiger partial charge in [0.2, 0.25) is 0 Å².